The lowest BCUT2D eigenvalue weighted by molar-refractivity contribution is 0.638. The van der Waals surface area contributed by atoms with Crippen LogP contribution in [0.2, 0.25) is 0 Å². The zero-order valence-electron chi connectivity index (χ0n) is 36.2. The molecule has 0 saturated heterocycles. The van der Waals surface area contributed by atoms with Gasteiger partial charge in [0.15, 0.2) is 0 Å². The quantitative estimate of drug-likeness (QED) is 0.166. The minimum atomic E-state index is -0.289. The van der Waals surface area contributed by atoms with Crippen molar-refractivity contribution in [2.75, 3.05) is 9.80 Å². The zero-order chi connectivity index (χ0) is 43.2. The van der Waals surface area contributed by atoms with E-state index in [0.29, 0.717) is 0 Å². The Kier molecular flexibility index (Phi) is 8.25. The second-order valence-electron chi connectivity index (χ2n) is 17.9. The molecule has 0 bridgehead atoms. The van der Waals surface area contributed by atoms with Crippen LogP contribution in [0, 0.1) is 0 Å². The molecule has 2 aliphatic rings. The summed E-state index contributed by atoms with van der Waals surface area (Å²) in [4.78, 5) is 10.2. The Morgan fingerprint density at radius 2 is 1.03 bits per heavy atom. The third kappa shape index (κ3) is 5.72. The van der Waals surface area contributed by atoms with E-state index < -0.39 is 0 Å². The standard InChI is InChI=1S/C62H43N3/c1-62(2)53-38-45-23-15-31-57-58(45)60(51-27-10-11-28-56(51)65(57)55-30-14-21-43-19-7-9-26-50(43)55)59(53)52-37-46(39-63-61(52)62)41-32-34-47(35-33-41)64(54-29-13-20-42-18-6-8-25-49(42)54)48-24-12-22-44(36-48)40-16-4-3-5-17-40/h3-39H,1-2H3. The fourth-order valence-electron chi connectivity index (χ4n) is 10.9. The molecule has 1 aromatic heterocycles. The van der Waals surface area contributed by atoms with E-state index in [1.807, 2.05) is 0 Å². The molecule has 2 heterocycles. The first-order chi connectivity index (χ1) is 32.0. The molecular weight excluding hydrogens is 787 g/mol. The van der Waals surface area contributed by atoms with Gasteiger partial charge in [-0.05, 0) is 105 Å². The van der Waals surface area contributed by atoms with Crippen molar-refractivity contribution in [1.82, 2.24) is 4.98 Å². The molecule has 3 nitrogen and oxygen atoms in total. The predicted molar refractivity (Wildman–Crippen MR) is 274 cm³/mol. The molecule has 0 amide bonds. The van der Waals surface area contributed by atoms with Crippen LogP contribution in [-0.2, 0) is 5.41 Å². The Morgan fingerprint density at radius 3 is 1.86 bits per heavy atom. The molecule has 1 aliphatic carbocycles. The van der Waals surface area contributed by atoms with E-state index in [4.69, 9.17) is 4.98 Å². The van der Waals surface area contributed by atoms with Gasteiger partial charge in [-0.1, -0.05) is 172 Å². The Hall–Kier alpha value is -8.27. The summed E-state index contributed by atoms with van der Waals surface area (Å²) in [5, 5.41) is 7.41. The van der Waals surface area contributed by atoms with Crippen LogP contribution in [0.25, 0.3) is 76.8 Å². The summed E-state index contributed by atoms with van der Waals surface area (Å²) in [5.41, 5.74) is 18.7. The summed E-state index contributed by atoms with van der Waals surface area (Å²) in [6.45, 7) is 4.68. The monoisotopic (exact) mass is 829 g/mol. The summed E-state index contributed by atoms with van der Waals surface area (Å²) in [7, 11) is 0. The van der Waals surface area contributed by atoms with Crippen LogP contribution in [0.4, 0.5) is 34.1 Å². The van der Waals surface area contributed by atoms with E-state index in [9.17, 15) is 0 Å². The van der Waals surface area contributed by atoms with Crippen molar-refractivity contribution < 1.29 is 0 Å². The van der Waals surface area contributed by atoms with Gasteiger partial charge in [-0.2, -0.15) is 0 Å². The molecular formula is C62H43N3. The minimum absolute atomic E-state index is 0.289. The smallest absolute Gasteiger partial charge is 0.0582 e. The molecule has 0 spiro atoms. The topological polar surface area (TPSA) is 19.4 Å². The van der Waals surface area contributed by atoms with Crippen molar-refractivity contribution >= 4 is 66.4 Å². The number of fused-ring (bicyclic) bond motifs is 8. The van der Waals surface area contributed by atoms with Crippen molar-refractivity contribution in [1.29, 1.82) is 0 Å². The average Bonchev–Trinajstić information content (AvgIpc) is 3.59. The van der Waals surface area contributed by atoms with Crippen molar-refractivity contribution in [3.63, 3.8) is 0 Å². The van der Waals surface area contributed by atoms with Crippen molar-refractivity contribution in [2.24, 2.45) is 0 Å². The molecule has 306 valence electrons. The summed E-state index contributed by atoms with van der Waals surface area (Å²) < 4.78 is 0. The maximum Gasteiger partial charge on any atom is 0.0582 e. The van der Waals surface area contributed by atoms with E-state index in [1.165, 1.54) is 88.3 Å². The number of aromatic nitrogens is 1. The highest BCUT2D eigenvalue weighted by atomic mass is 15.2. The van der Waals surface area contributed by atoms with Crippen LogP contribution >= 0.6 is 0 Å². The molecule has 65 heavy (non-hydrogen) atoms. The molecule has 0 saturated carbocycles. The third-order valence-corrected chi connectivity index (χ3v) is 13.9. The van der Waals surface area contributed by atoms with Gasteiger partial charge in [0.2, 0.25) is 0 Å². The maximum atomic E-state index is 5.37. The number of hydrogen-bond acceptors (Lipinski definition) is 3. The first-order valence-corrected chi connectivity index (χ1v) is 22.5. The lowest BCUT2D eigenvalue weighted by Crippen LogP contribution is -2.18. The van der Waals surface area contributed by atoms with Gasteiger partial charge in [0, 0.05) is 61.4 Å². The van der Waals surface area contributed by atoms with Crippen LogP contribution in [0.5, 0.6) is 0 Å². The first-order valence-electron chi connectivity index (χ1n) is 22.5. The zero-order valence-corrected chi connectivity index (χ0v) is 36.2. The second-order valence-corrected chi connectivity index (χ2v) is 17.9. The van der Waals surface area contributed by atoms with E-state index in [0.717, 1.165) is 33.9 Å². The van der Waals surface area contributed by atoms with Crippen molar-refractivity contribution in [3.8, 4) is 44.5 Å². The fraction of sp³-hybridized carbons (Fsp3) is 0.0484. The maximum absolute atomic E-state index is 5.37. The van der Waals surface area contributed by atoms with Gasteiger partial charge in [0.25, 0.3) is 0 Å². The van der Waals surface area contributed by atoms with Crippen molar-refractivity contribution in [2.45, 2.75) is 19.3 Å². The number of anilines is 6. The summed E-state index contributed by atoms with van der Waals surface area (Å²) in [6, 6.07) is 79.8. The lowest BCUT2D eigenvalue weighted by atomic mass is 9.80. The minimum Gasteiger partial charge on any atom is -0.310 e. The van der Waals surface area contributed by atoms with Crippen LogP contribution in [0.1, 0.15) is 25.1 Å². The second kappa shape index (κ2) is 14.4. The lowest BCUT2D eigenvalue weighted by Gasteiger charge is -2.35. The summed E-state index contributed by atoms with van der Waals surface area (Å²) in [6.07, 6.45) is 2.08. The molecule has 11 aromatic rings. The number of pyridine rings is 1. The number of nitrogens with zero attached hydrogens (tertiary/aromatic N) is 3. The van der Waals surface area contributed by atoms with Gasteiger partial charge >= 0.3 is 0 Å². The predicted octanol–water partition coefficient (Wildman–Crippen LogP) is 17.1. The van der Waals surface area contributed by atoms with Crippen LogP contribution in [-0.4, -0.2) is 4.98 Å². The Morgan fingerprint density at radius 1 is 0.415 bits per heavy atom. The average molecular weight is 830 g/mol. The highest BCUT2D eigenvalue weighted by molar-refractivity contribution is 6.20. The Labute approximate surface area is 379 Å². The third-order valence-electron chi connectivity index (χ3n) is 13.9. The molecule has 0 atom stereocenters. The molecule has 3 heteroatoms. The summed E-state index contributed by atoms with van der Waals surface area (Å²) in [5.74, 6) is 0. The molecule has 0 N–H and O–H groups in total. The largest absolute Gasteiger partial charge is 0.310 e. The van der Waals surface area contributed by atoms with Gasteiger partial charge < -0.3 is 9.80 Å². The van der Waals surface area contributed by atoms with E-state index in [-0.39, 0.29) is 5.41 Å². The summed E-state index contributed by atoms with van der Waals surface area (Å²) >= 11 is 0. The van der Waals surface area contributed by atoms with Crippen LogP contribution in [0.15, 0.2) is 225 Å². The van der Waals surface area contributed by atoms with Gasteiger partial charge in [-0.15, -0.1) is 0 Å². The number of para-hydroxylation sites is 1. The number of rotatable bonds is 6. The van der Waals surface area contributed by atoms with Gasteiger partial charge in [0.05, 0.1) is 28.4 Å². The van der Waals surface area contributed by atoms with Gasteiger partial charge in [0.1, 0.15) is 0 Å². The normalized spacial score (nSPS) is 13.2. The Balaban J connectivity index is 0.964. The molecule has 1 aliphatic heterocycles. The Bertz CT molecular complexity index is 3690. The molecule has 0 fully saturated rings. The van der Waals surface area contributed by atoms with Gasteiger partial charge in [-0.25, -0.2) is 0 Å². The molecule has 0 radical (unpaired) electrons. The van der Waals surface area contributed by atoms with Crippen LogP contribution < -0.4 is 9.80 Å². The van der Waals surface area contributed by atoms with Gasteiger partial charge in [-0.3, -0.25) is 4.98 Å². The van der Waals surface area contributed by atoms with Crippen LogP contribution in [0.3, 0.4) is 0 Å². The number of hydrogen-bond donors (Lipinski definition) is 0. The highest BCUT2D eigenvalue weighted by Crippen LogP contribution is 2.60. The molecule has 0 unspecified atom stereocenters. The SMILES string of the molecule is CC1(C)c2cc3cccc4c3c(c2-c2cc(-c3ccc(N(c5cccc(-c6ccccc6)c5)c5cccc6ccccc56)cc3)cnc21)-c1ccccc1N4c1cccc2ccccc12. The first kappa shape index (κ1) is 37.3. The fourth-order valence-corrected chi connectivity index (χ4v) is 10.9. The number of benzene rings is 10. The van der Waals surface area contributed by atoms with E-state index >= 15 is 0 Å². The van der Waals surface area contributed by atoms with E-state index in [2.05, 4.69) is 248 Å². The van der Waals surface area contributed by atoms with E-state index in [1.54, 1.807) is 0 Å². The molecule has 10 aromatic carbocycles. The molecule has 13 rings (SSSR count). The van der Waals surface area contributed by atoms with Crippen molar-refractivity contribution in [3.05, 3.63) is 236 Å². The highest BCUT2D eigenvalue weighted by Gasteiger charge is 2.41.